The molecule has 10 heteroatoms. The molecule has 0 aliphatic carbocycles. The summed E-state index contributed by atoms with van der Waals surface area (Å²) in [7, 11) is -1.56. The number of carbonyl (C=O) groups excluding carboxylic acids is 2. The predicted octanol–water partition coefficient (Wildman–Crippen LogP) is 2.06. The summed E-state index contributed by atoms with van der Waals surface area (Å²) < 4.78 is 28.4. The van der Waals surface area contributed by atoms with Crippen molar-refractivity contribution in [1.82, 2.24) is 9.88 Å². The summed E-state index contributed by atoms with van der Waals surface area (Å²) >= 11 is 2.86. The molecule has 1 saturated heterocycles. The maximum absolute atomic E-state index is 12.4. The Morgan fingerprint density at radius 2 is 2.15 bits per heavy atom. The molecule has 1 fully saturated rings. The van der Waals surface area contributed by atoms with Crippen molar-refractivity contribution < 1.29 is 22.7 Å². The van der Waals surface area contributed by atoms with Gasteiger partial charge in [-0.15, -0.1) is 22.7 Å². The maximum atomic E-state index is 12.4. The van der Waals surface area contributed by atoms with Gasteiger partial charge < -0.3 is 9.64 Å². The Morgan fingerprint density at radius 3 is 2.77 bits per heavy atom. The minimum absolute atomic E-state index is 0.0494. The maximum Gasteiger partial charge on any atom is 0.358 e. The molecule has 140 valence electrons. The summed E-state index contributed by atoms with van der Waals surface area (Å²) in [4.78, 5) is 31.3. The molecule has 0 radical (unpaired) electrons. The Morgan fingerprint density at radius 1 is 1.38 bits per heavy atom. The van der Waals surface area contributed by atoms with Gasteiger partial charge in [0.25, 0.3) is 5.91 Å². The Balaban J connectivity index is 1.61. The minimum atomic E-state index is -3.09. The Bertz CT molecular complexity index is 904. The van der Waals surface area contributed by atoms with E-state index in [0.29, 0.717) is 6.42 Å². The number of likely N-dealkylation sites (N-methyl/N-ethyl adjacent to an activating group) is 1. The molecule has 2 aromatic heterocycles. The predicted molar refractivity (Wildman–Crippen MR) is 100 cm³/mol. The average molecular weight is 415 g/mol. The molecule has 0 bridgehead atoms. The highest BCUT2D eigenvalue weighted by molar-refractivity contribution is 7.91. The second kappa shape index (κ2) is 7.45. The monoisotopic (exact) mass is 414 g/mol. The van der Waals surface area contributed by atoms with Crippen LogP contribution in [0.5, 0.6) is 0 Å². The smallest absolute Gasteiger partial charge is 0.358 e. The van der Waals surface area contributed by atoms with Crippen LogP contribution in [0.1, 0.15) is 23.8 Å². The molecule has 1 amide bonds. The van der Waals surface area contributed by atoms with Gasteiger partial charge in [-0.1, -0.05) is 6.07 Å². The molecule has 0 saturated carbocycles. The third-order valence-electron chi connectivity index (χ3n) is 4.18. The van der Waals surface area contributed by atoms with E-state index in [1.165, 1.54) is 41.5 Å². The van der Waals surface area contributed by atoms with Crippen LogP contribution in [-0.4, -0.2) is 60.9 Å². The third kappa shape index (κ3) is 4.13. The molecule has 2 atom stereocenters. The minimum Gasteiger partial charge on any atom is -0.448 e. The van der Waals surface area contributed by atoms with E-state index in [4.69, 9.17) is 4.74 Å². The van der Waals surface area contributed by atoms with Crippen molar-refractivity contribution in [2.75, 3.05) is 18.6 Å². The van der Waals surface area contributed by atoms with E-state index in [0.717, 1.165) is 9.88 Å². The van der Waals surface area contributed by atoms with Gasteiger partial charge in [-0.25, -0.2) is 18.2 Å². The molecule has 0 N–H and O–H groups in total. The lowest BCUT2D eigenvalue weighted by molar-refractivity contribution is -0.140. The van der Waals surface area contributed by atoms with E-state index >= 15 is 0 Å². The van der Waals surface area contributed by atoms with Crippen molar-refractivity contribution in [2.24, 2.45) is 0 Å². The van der Waals surface area contributed by atoms with Crippen LogP contribution < -0.4 is 0 Å². The average Bonchev–Trinajstić information content (AvgIpc) is 3.32. The molecule has 1 aliphatic heterocycles. The number of amides is 1. The Kier molecular flexibility index (Phi) is 5.44. The fourth-order valence-electron chi connectivity index (χ4n) is 2.70. The molecule has 7 nitrogen and oxygen atoms in total. The molecule has 0 aromatic carbocycles. The highest BCUT2D eigenvalue weighted by atomic mass is 32.2. The SMILES string of the molecule is C[C@H](OC(=O)c1csc(-c2cccs2)n1)C(=O)N(C)[C@@H]1CCS(=O)(=O)C1. The van der Waals surface area contributed by atoms with Crippen molar-refractivity contribution >= 4 is 44.4 Å². The number of esters is 1. The number of hydrogen-bond acceptors (Lipinski definition) is 8. The molecule has 3 heterocycles. The topological polar surface area (TPSA) is 93.6 Å². The van der Waals surface area contributed by atoms with Gasteiger partial charge in [-0.05, 0) is 24.8 Å². The van der Waals surface area contributed by atoms with Crippen LogP contribution >= 0.6 is 22.7 Å². The molecule has 26 heavy (non-hydrogen) atoms. The number of hydrogen-bond donors (Lipinski definition) is 0. The molecular weight excluding hydrogens is 396 g/mol. The van der Waals surface area contributed by atoms with Gasteiger partial charge in [0.15, 0.2) is 21.6 Å². The van der Waals surface area contributed by atoms with Gasteiger partial charge >= 0.3 is 5.97 Å². The van der Waals surface area contributed by atoms with E-state index in [9.17, 15) is 18.0 Å². The van der Waals surface area contributed by atoms with Crippen molar-refractivity contribution in [3.8, 4) is 9.88 Å². The number of thiazole rings is 1. The lowest BCUT2D eigenvalue weighted by atomic mass is 10.2. The van der Waals surface area contributed by atoms with Crippen LogP contribution in [0.2, 0.25) is 0 Å². The van der Waals surface area contributed by atoms with E-state index < -0.39 is 27.8 Å². The molecule has 1 aliphatic rings. The first-order valence-electron chi connectivity index (χ1n) is 7.94. The zero-order valence-corrected chi connectivity index (χ0v) is 16.7. The Labute approximate surface area is 159 Å². The van der Waals surface area contributed by atoms with Gasteiger partial charge in [0.05, 0.1) is 16.4 Å². The van der Waals surface area contributed by atoms with Gasteiger partial charge in [0, 0.05) is 18.5 Å². The van der Waals surface area contributed by atoms with Crippen molar-refractivity contribution in [1.29, 1.82) is 0 Å². The van der Waals surface area contributed by atoms with Crippen LogP contribution in [0.15, 0.2) is 22.9 Å². The van der Waals surface area contributed by atoms with Crippen molar-refractivity contribution in [3.05, 3.63) is 28.6 Å². The summed E-state index contributed by atoms with van der Waals surface area (Å²) in [5.74, 6) is -1.06. The second-order valence-electron chi connectivity index (χ2n) is 6.07. The van der Waals surface area contributed by atoms with Crippen LogP contribution in [0.25, 0.3) is 9.88 Å². The molecule has 0 spiro atoms. The first kappa shape index (κ1) is 19.0. The fraction of sp³-hybridized carbons (Fsp3) is 0.438. The number of nitrogens with zero attached hydrogens (tertiary/aromatic N) is 2. The van der Waals surface area contributed by atoms with E-state index in [2.05, 4.69) is 4.98 Å². The van der Waals surface area contributed by atoms with Crippen molar-refractivity contribution in [3.63, 3.8) is 0 Å². The van der Waals surface area contributed by atoms with Crippen molar-refractivity contribution in [2.45, 2.75) is 25.5 Å². The summed E-state index contributed by atoms with van der Waals surface area (Å²) in [6.07, 6.45) is -0.607. The number of sulfone groups is 1. The molecule has 2 aromatic rings. The van der Waals surface area contributed by atoms with Crippen LogP contribution in [0.4, 0.5) is 0 Å². The van der Waals surface area contributed by atoms with Gasteiger partial charge in [-0.3, -0.25) is 4.79 Å². The van der Waals surface area contributed by atoms with Crippen LogP contribution in [-0.2, 0) is 19.4 Å². The third-order valence-corrected chi connectivity index (χ3v) is 7.81. The summed E-state index contributed by atoms with van der Waals surface area (Å²) in [6, 6.07) is 3.44. The molecule has 0 unspecified atom stereocenters. The van der Waals surface area contributed by atoms with Gasteiger partial charge in [-0.2, -0.15) is 0 Å². The number of ether oxygens (including phenoxy) is 1. The quantitative estimate of drug-likeness (QED) is 0.695. The van der Waals surface area contributed by atoms with Gasteiger partial charge in [0.1, 0.15) is 5.01 Å². The van der Waals surface area contributed by atoms with E-state index in [1.807, 2.05) is 17.5 Å². The first-order chi connectivity index (χ1) is 12.3. The zero-order chi connectivity index (χ0) is 18.9. The summed E-state index contributed by atoms with van der Waals surface area (Å²) in [5, 5.41) is 4.25. The normalized spacial score (nSPS) is 19.8. The standard InChI is InChI=1S/C16H18N2O5S3/c1-10(15(19)18(2)11-5-7-26(21,22)9-11)23-16(20)12-8-25-14(17-12)13-4-3-6-24-13/h3-4,6,8,10-11H,5,7,9H2,1-2H3/t10-,11+/m0/s1. The van der Waals surface area contributed by atoms with E-state index in [-0.39, 0.29) is 23.2 Å². The number of aromatic nitrogens is 1. The lowest BCUT2D eigenvalue weighted by Gasteiger charge is -2.26. The molecular formula is C16H18N2O5S3. The van der Waals surface area contributed by atoms with E-state index in [1.54, 1.807) is 5.38 Å². The first-order valence-corrected chi connectivity index (χ1v) is 11.5. The Hall–Kier alpha value is -1.78. The number of rotatable bonds is 5. The van der Waals surface area contributed by atoms with Crippen LogP contribution in [0.3, 0.4) is 0 Å². The largest absolute Gasteiger partial charge is 0.448 e. The molecule has 3 rings (SSSR count). The fourth-order valence-corrected chi connectivity index (χ4v) is 6.08. The highest BCUT2D eigenvalue weighted by Gasteiger charge is 2.35. The zero-order valence-electron chi connectivity index (χ0n) is 14.2. The highest BCUT2D eigenvalue weighted by Crippen LogP contribution is 2.28. The summed E-state index contributed by atoms with van der Waals surface area (Å²) in [6.45, 7) is 1.48. The number of carbonyl (C=O) groups is 2. The lowest BCUT2D eigenvalue weighted by Crippen LogP contribution is -2.44. The van der Waals surface area contributed by atoms with Gasteiger partial charge in [0.2, 0.25) is 0 Å². The second-order valence-corrected chi connectivity index (χ2v) is 10.1. The van der Waals surface area contributed by atoms with Crippen LogP contribution in [0, 0.1) is 0 Å². The number of thiophene rings is 1. The summed E-state index contributed by atoms with van der Waals surface area (Å²) in [5.41, 5.74) is 0.157.